The zero-order chi connectivity index (χ0) is 30.8. The second-order valence-electron chi connectivity index (χ2n) is 10.2. The van der Waals surface area contributed by atoms with Gasteiger partial charge in [-0.1, -0.05) is 107 Å². The Kier molecular flexibility index (Phi) is 8.50. The van der Waals surface area contributed by atoms with Crippen LogP contribution in [0.4, 0.5) is 0 Å². The number of aromatic nitrogens is 1. The monoisotopic (exact) mass is 668 g/mol. The quantitative estimate of drug-likeness (QED) is 0.181. The fraction of sp³-hybridized carbons (Fsp3) is 0.171. The van der Waals surface area contributed by atoms with Crippen molar-refractivity contribution in [3.8, 4) is 11.5 Å². The third kappa shape index (κ3) is 5.49. The van der Waals surface area contributed by atoms with Gasteiger partial charge in [-0.05, 0) is 46.5 Å². The molecule has 9 heteroatoms. The molecule has 0 unspecified atom stereocenters. The molecule has 0 spiro atoms. The highest BCUT2D eigenvalue weighted by molar-refractivity contribution is 9.10. The number of esters is 1. The number of carbonyl (C=O) groups is 1. The molecule has 0 radical (unpaired) electrons. The summed E-state index contributed by atoms with van der Waals surface area (Å²) >= 11 is 4.85. The molecule has 0 N–H and O–H groups in total. The van der Waals surface area contributed by atoms with Crippen LogP contribution in [0, 0.1) is 0 Å². The number of fused-ring (bicyclic) bond motifs is 2. The maximum Gasteiger partial charge on any atom is 0.338 e. The molecule has 222 valence electrons. The molecule has 2 heterocycles. The summed E-state index contributed by atoms with van der Waals surface area (Å²) in [6.45, 7) is 2.24. The number of thiazole rings is 1. The first-order valence-electron chi connectivity index (χ1n) is 14.1. The van der Waals surface area contributed by atoms with Crippen molar-refractivity contribution < 1.29 is 19.0 Å². The minimum absolute atomic E-state index is 0.266. The summed E-state index contributed by atoms with van der Waals surface area (Å²) in [5.74, 6) is 0.537. The SMILES string of the molecule is CCC1=C(C(=O)OC)[C@H](c2ccccc2)n2c(s/c(=C/c3cc(Br)cc(OC)c3OCc3cccc4ccccc34)c2=O)=N1. The molecular weight excluding hydrogens is 640 g/mol. The van der Waals surface area contributed by atoms with Gasteiger partial charge in [-0.15, -0.1) is 0 Å². The van der Waals surface area contributed by atoms with Crippen molar-refractivity contribution in [2.75, 3.05) is 14.2 Å². The van der Waals surface area contributed by atoms with E-state index in [1.54, 1.807) is 17.8 Å². The van der Waals surface area contributed by atoms with Gasteiger partial charge in [0.2, 0.25) is 0 Å². The van der Waals surface area contributed by atoms with Crippen LogP contribution in [0.15, 0.2) is 110 Å². The van der Waals surface area contributed by atoms with Gasteiger partial charge in [0.15, 0.2) is 16.3 Å². The van der Waals surface area contributed by atoms with Gasteiger partial charge in [0, 0.05) is 10.0 Å². The number of rotatable bonds is 8. The molecule has 6 rings (SSSR count). The molecule has 1 atom stereocenters. The van der Waals surface area contributed by atoms with Crippen LogP contribution < -0.4 is 24.4 Å². The number of benzene rings is 4. The third-order valence-corrected chi connectivity index (χ3v) is 9.01. The van der Waals surface area contributed by atoms with Crippen LogP contribution in [0.5, 0.6) is 11.5 Å². The first-order chi connectivity index (χ1) is 21.4. The Morgan fingerprint density at radius 2 is 1.77 bits per heavy atom. The summed E-state index contributed by atoms with van der Waals surface area (Å²) in [5.41, 5.74) is 3.19. The van der Waals surface area contributed by atoms with E-state index in [0.717, 1.165) is 26.4 Å². The molecule has 0 amide bonds. The second-order valence-corrected chi connectivity index (χ2v) is 12.1. The van der Waals surface area contributed by atoms with Crippen molar-refractivity contribution in [3.05, 3.63) is 137 Å². The van der Waals surface area contributed by atoms with E-state index in [9.17, 15) is 9.59 Å². The molecule has 0 bridgehead atoms. The van der Waals surface area contributed by atoms with E-state index in [1.165, 1.54) is 18.4 Å². The number of nitrogens with zero attached hydrogens (tertiary/aromatic N) is 2. The van der Waals surface area contributed by atoms with Gasteiger partial charge in [0.05, 0.1) is 36.1 Å². The lowest BCUT2D eigenvalue weighted by atomic mass is 9.95. The maximum atomic E-state index is 14.2. The number of halogens is 1. The Morgan fingerprint density at radius 3 is 2.52 bits per heavy atom. The standard InChI is InChI=1S/C35H29BrN2O5S/c1-4-27-30(34(40)42-3)31(22-12-6-5-7-13-22)38-33(39)29(44-35(38)37-27)18-24-17-25(36)19-28(41-2)32(24)43-20-23-15-10-14-21-11-8-9-16-26(21)23/h5-19,31H,4,20H2,1-3H3/b29-18+/t31-/m0/s1. The summed E-state index contributed by atoms with van der Waals surface area (Å²) < 4.78 is 20.1. The van der Waals surface area contributed by atoms with Crippen molar-refractivity contribution >= 4 is 50.1 Å². The molecule has 1 aliphatic heterocycles. The summed E-state index contributed by atoms with van der Waals surface area (Å²) in [5, 5.41) is 2.23. The van der Waals surface area contributed by atoms with E-state index in [1.807, 2.05) is 73.7 Å². The van der Waals surface area contributed by atoms with Gasteiger partial charge in [0.25, 0.3) is 5.56 Å². The third-order valence-electron chi connectivity index (χ3n) is 7.57. The van der Waals surface area contributed by atoms with Gasteiger partial charge < -0.3 is 14.2 Å². The van der Waals surface area contributed by atoms with E-state index in [-0.39, 0.29) is 5.56 Å². The highest BCUT2D eigenvalue weighted by atomic mass is 79.9. The molecule has 1 aromatic heterocycles. The number of allylic oxidation sites excluding steroid dienone is 1. The van der Waals surface area contributed by atoms with E-state index in [0.29, 0.717) is 50.7 Å². The predicted octanol–water partition coefficient (Wildman–Crippen LogP) is 6.30. The van der Waals surface area contributed by atoms with Gasteiger partial charge in [-0.2, -0.15) is 0 Å². The predicted molar refractivity (Wildman–Crippen MR) is 176 cm³/mol. The van der Waals surface area contributed by atoms with Crippen molar-refractivity contribution in [2.24, 2.45) is 4.99 Å². The molecule has 0 saturated carbocycles. The Hall–Kier alpha value is -4.47. The molecule has 0 saturated heterocycles. The van der Waals surface area contributed by atoms with Crippen LogP contribution in [0.3, 0.4) is 0 Å². The molecule has 7 nitrogen and oxygen atoms in total. The molecule has 0 fully saturated rings. The Bertz CT molecular complexity index is 2090. The lowest BCUT2D eigenvalue weighted by Gasteiger charge is -2.25. The number of methoxy groups -OCH3 is 2. The Labute approximate surface area is 266 Å². The van der Waals surface area contributed by atoms with Gasteiger partial charge in [-0.25, -0.2) is 9.79 Å². The zero-order valence-corrected chi connectivity index (χ0v) is 26.8. The van der Waals surface area contributed by atoms with Crippen molar-refractivity contribution in [2.45, 2.75) is 26.0 Å². The zero-order valence-electron chi connectivity index (χ0n) is 24.4. The summed E-state index contributed by atoms with van der Waals surface area (Å²) in [6.07, 6.45) is 2.30. The molecule has 0 aliphatic carbocycles. The minimum Gasteiger partial charge on any atom is -0.493 e. The summed E-state index contributed by atoms with van der Waals surface area (Å²) in [4.78, 5) is 32.5. The Balaban J connectivity index is 1.50. The Morgan fingerprint density at radius 1 is 1.02 bits per heavy atom. The average Bonchev–Trinajstić information content (AvgIpc) is 3.36. The largest absolute Gasteiger partial charge is 0.493 e. The normalized spacial score (nSPS) is 14.7. The van der Waals surface area contributed by atoms with Crippen LogP contribution in [0.1, 0.15) is 36.1 Å². The van der Waals surface area contributed by atoms with Crippen molar-refractivity contribution in [1.29, 1.82) is 0 Å². The maximum absolute atomic E-state index is 14.2. The molecule has 5 aromatic rings. The first-order valence-corrected chi connectivity index (χ1v) is 15.7. The summed E-state index contributed by atoms with van der Waals surface area (Å²) in [7, 11) is 2.93. The molecular formula is C35H29BrN2O5S. The fourth-order valence-corrected chi connectivity index (χ4v) is 6.99. The van der Waals surface area contributed by atoms with Crippen LogP contribution in [0.25, 0.3) is 16.8 Å². The number of hydrogen-bond acceptors (Lipinski definition) is 7. The van der Waals surface area contributed by atoms with Gasteiger partial charge >= 0.3 is 5.97 Å². The van der Waals surface area contributed by atoms with E-state index < -0.39 is 12.0 Å². The van der Waals surface area contributed by atoms with E-state index >= 15 is 0 Å². The number of hydrogen-bond donors (Lipinski definition) is 0. The van der Waals surface area contributed by atoms with Crippen molar-refractivity contribution in [1.82, 2.24) is 4.57 Å². The molecule has 44 heavy (non-hydrogen) atoms. The highest BCUT2D eigenvalue weighted by Gasteiger charge is 2.33. The van der Waals surface area contributed by atoms with Gasteiger partial charge in [0.1, 0.15) is 6.61 Å². The smallest absolute Gasteiger partial charge is 0.338 e. The van der Waals surface area contributed by atoms with Crippen LogP contribution >= 0.6 is 27.3 Å². The number of ether oxygens (including phenoxy) is 3. The lowest BCUT2D eigenvalue weighted by Crippen LogP contribution is -2.40. The lowest BCUT2D eigenvalue weighted by molar-refractivity contribution is -0.136. The highest BCUT2D eigenvalue weighted by Crippen LogP contribution is 2.37. The van der Waals surface area contributed by atoms with Gasteiger partial charge in [-0.3, -0.25) is 9.36 Å². The number of carbonyl (C=O) groups excluding carboxylic acids is 1. The molecule has 1 aliphatic rings. The fourth-order valence-electron chi connectivity index (χ4n) is 5.53. The van der Waals surface area contributed by atoms with Crippen molar-refractivity contribution in [3.63, 3.8) is 0 Å². The second kappa shape index (κ2) is 12.6. The van der Waals surface area contributed by atoms with Crippen LogP contribution in [-0.4, -0.2) is 24.8 Å². The summed E-state index contributed by atoms with van der Waals surface area (Å²) in [6, 6.07) is 26.8. The van der Waals surface area contributed by atoms with E-state index in [2.05, 4.69) is 34.1 Å². The molecule has 4 aromatic carbocycles. The van der Waals surface area contributed by atoms with Crippen LogP contribution in [0.2, 0.25) is 0 Å². The topological polar surface area (TPSA) is 79.1 Å². The average molecular weight is 670 g/mol. The van der Waals surface area contributed by atoms with Crippen LogP contribution in [-0.2, 0) is 16.1 Å². The first kappa shape index (κ1) is 29.6. The minimum atomic E-state index is -0.670. The van der Waals surface area contributed by atoms with E-state index in [4.69, 9.17) is 19.2 Å².